The fourth-order valence-electron chi connectivity index (χ4n) is 16.8. The number of hydrogen-bond acceptors (Lipinski definition) is 4. The fourth-order valence-corrected chi connectivity index (χ4v) is 16.8. The van der Waals surface area contributed by atoms with Gasteiger partial charge in [-0.05, 0) is 130 Å². The Morgan fingerprint density at radius 3 is 0.824 bits per heavy atom. The van der Waals surface area contributed by atoms with E-state index in [2.05, 4.69) is 346 Å². The maximum Gasteiger partial charge on any atom is 0.235 e. The monoisotopic (exact) mass is 1300 g/mol. The minimum atomic E-state index is 0.661. The number of rotatable bonds is 7. The van der Waals surface area contributed by atoms with E-state index in [1.165, 1.54) is 131 Å². The summed E-state index contributed by atoms with van der Waals surface area (Å²) in [6.07, 6.45) is 0. The van der Waals surface area contributed by atoms with Gasteiger partial charge in [0.15, 0.2) is 0 Å². The normalized spacial score (nSPS) is 12.1. The van der Waals surface area contributed by atoms with Crippen LogP contribution in [0.15, 0.2) is 340 Å². The molecule has 8 heterocycles. The van der Waals surface area contributed by atoms with Crippen LogP contribution in [0.2, 0.25) is 0 Å². The second-order valence-corrected chi connectivity index (χ2v) is 26.8. The largest absolute Gasteiger partial charge is 0.308 e. The number of para-hydroxylation sites is 8. The molecule has 0 amide bonds. The second kappa shape index (κ2) is 21.8. The Hall–Kier alpha value is -13.8. The lowest BCUT2D eigenvalue weighted by molar-refractivity contribution is 1.01. The van der Waals surface area contributed by atoms with E-state index < -0.39 is 0 Å². The molecule has 15 aromatic carbocycles. The highest BCUT2D eigenvalue weighted by Gasteiger charge is 2.25. The van der Waals surface area contributed by atoms with Crippen molar-refractivity contribution in [1.29, 1.82) is 0 Å². The van der Waals surface area contributed by atoms with Crippen molar-refractivity contribution in [2.24, 2.45) is 0 Å². The fraction of sp³-hybridized carbons (Fsp3) is 0. The third kappa shape index (κ3) is 8.32. The molecule has 0 bridgehead atoms. The molecule has 23 aromatic rings. The molecule has 0 unspecified atom stereocenters. The van der Waals surface area contributed by atoms with Crippen LogP contribution < -0.4 is 0 Å². The summed E-state index contributed by atoms with van der Waals surface area (Å²) < 4.78 is 9.32. The Kier molecular flexibility index (Phi) is 12.0. The minimum Gasteiger partial charge on any atom is -0.308 e. The molecule has 8 aromatic heterocycles. The third-order valence-electron chi connectivity index (χ3n) is 21.3. The van der Waals surface area contributed by atoms with Gasteiger partial charge in [0.2, 0.25) is 11.9 Å². The van der Waals surface area contributed by atoms with Crippen LogP contribution in [-0.2, 0) is 0 Å². The molecule has 0 aliphatic heterocycles. The van der Waals surface area contributed by atoms with Crippen molar-refractivity contribution in [2.45, 2.75) is 0 Å². The van der Waals surface area contributed by atoms with Crippen LogP contribution in [0.5, 0.6) is 0 Å². The Morgan fingerprint density at radius 1 is 0.167 bits per heavy atom. The molecule has 102 heavy (non-hydrogen) atoms. The Balaban J connectivity index is 0.000000130. The van der Waals surface area contributed by atoms with Crippen LogP contribution >= 0.6 is 0 Å². The average molecular weight is 1300 g/mol. The molecule has 0 saturated carbocycles. The lowest BCUT2D eigenvalue weighted by Gasteiger charge is -2.12. The summed E-state index contributed by atoms with van der Waals surface area (Å²) in [6, 6.07) is 122. The topological polar surface area (TPSA) is 70.2 Å². The number of aromatic nitrogens is 8. The van der Waals surface area contributed by atoms with Crippen LogP contribution in [0, 0.1) is 0 Å². The van der Waals surface area contributed by atoms with Gasteiger partial charge in [0.05, 0.1) is 77.6 Å². The first-order valence-corrected chi connectivity index (χ1v) is 34.8. The molecule has 0 saturated heterocycles. The summed E-state index contributed by atoms with van der Waals surface area (Å²) in [5.41, 5.74) is 24.9. The van der Waals surface area contributed by atoms with E-state index in [-0.39, 0.29) is 0 Å². The first-order chi connectivity index (χ1) is 50.6. The van der Waals surface area contributed by atoms with Crippen molar-refractivity contribution in [3.63, 3.8) is 0 Å². The van der Waals surface area contributed by atoms with Gasteiger partial charge in [-0.2, -0.15) is 0 Å². The summed E-state index contributed by atoms with van der Waals surface area (Å²) >= 11 is 0. The number of nitrogens with zero attached hydrogens (tertiary/aromatic N) is 8. The van der Waals surface area contributed by atoms with E-state index in [4.69, 9.17) is 19.9 Å². The van der Waals surface area contributed by atoms with E-state index >= 15 is 0 Å². The molecule has 472 valence electrons. The van der Waals surface area contributed by atoms with Gasteiger partial charge < -0.3 is 8.80 Å². The summed E-state index contributed by atoms with van der Waals surface area (Å²) in [5, 5.41) is 17.0. The molecule has 0 aliphatic carbocycles. The second-order valence-electron chi connectivity index (χ2n) is 26.8. The quantitative estimate of drug-likeness (QED) is 0.159. The SMILES string of the molecule is c1ccc(-c2ccc(-c3nc(-n4c5ccccc5c5cc(-c6cc7c8ccccc8n8c9ccccc9c(c6)c78)ccc54)nc4ccccc34)cc2)cc1.c1ccc(-c2nc(-n3c4ccccc4c4cc(-c5cc6c7ccccc7n7c8ccccc8c(c5)c67)ccc43)nc3ccccc23)cc1. The zero-order valence-electron chi connectivity index (χ0n) is 54.9. The van der Waals surface area contributed by atoms with E-state index in [0.29, 0.717) is 11.9 Å². The zero-order chi connectivity index (χ0) is 66.7. The smallest absolute Gasteiger partial charge is 0.235 e. The maximum absolute atomic E-state index is 5.35. The number of benzene rings is 15. The molecule has 0 aliphatic rings. The van der Waals surface area contributed by atoms with Crippen molar-refractivity contribution >= 4 is 142 Å². The lowest BCUT2D eigenvalue weighted by atomic mass is 9.98. The van der Waals surface area contributed by atoms with E-state index in [0.717, 1.165) is 66.4 Å². The van der Waals surface area contributed by atoms with Crippen LogP contribution in [0.3, 0.4) is 0 Å². The molecule has 0 spiro atoms. The molecule has 0 radical (unpaired) electrons. The molecule has 8 heteroatoms. The minimum absolute atomic E-state index is 0.661. The lowest BCUT2D eigenvalue weighted by Crippen LogP contribution is -2.03. The van der Waals surface area contributed by atoms with Crippen molar-refractivity contribution in [2.75, 3.05) is 0 Å². The molecule has 23 rings (SSSR count). The summed E-state index contributed by atoms with van der Waals surface area (Å²) in [6.45, 7) is 0. The van der Waals surface area contributed by atoms with E-state index in [1.54, 1.807) is 0 Å². The van der Waals surface area contributed by atoms with Crippen molar-refractivity contribution in [1.82, 2.24) is 37.9 Å². The standard InChI is InChI=1S/C50H30N4.C44H26N4/c1-2-12-31(13-3-1)32-22-24-33(25-23-32)48-39-17-4-8-18-43(39)51-50(52-48)54-46-21-11-5-14-36(46)40-28-34(26-27-47(40)54)35-29-41-37-15-6-9-19-44(37)53-45-20-10-7-16-38(45)42(30-35)49(41)53;1-2-12-27(13-3-1)42-33-17-4-8-18-37(33)45-44(46-42)48-40-21-11-5-14-30(40)34-24-28(22-23-41(34)48)29-25-35-31-15-6-9-19-38(31)47-39-20-10-7-16-32(39)36(26-29)43(35)47/h1-30H;1-26H. The molecule has 0 N–H and O–H groups in total. The van der Waals surface area contributed by atoms with Crippen molar-refractivity contribution in [3.05, 3.63) is 340 Å². The maximum atomic E-state index is 5.35. The Morgan fingerprint density at radius 2 is 0.431 bits per heavy atom. The van der Waals surface area contributed by atoms with Crippen LogP contribution in [0.4, 0.5) is 0 Å². The van der Waals surface area contributed by atoms with Crippen LogP contribution in [0.1, 0.15) is 0 Å². The molecule has 0 fully saturated rings. The highest BCUT2D eigenvalue weighted by Crippen LogP contribution is 2.46. The first-order valence-electron chi connectivity index (χ1n) is 34.8. The first kappa shape index (κ1) is 56.2. The Bertz CT molecular complexity index is 7200. The van der Waals surface area contributed by atoms with Gasteiger partial charge in [-0.25, -0.2) is 19.9 Å². The predicted octanol–water partition coefficient (Wildman–Crippen LogP) is 24.1. The van der Waals surface area contributed by atoms with Gasteiger partial charge in [0, 0.05) is 86.5 Å². The van der Waals surface area contributed by atoms with Crippen molar-refractivity contribution in [3.8, 4) is 67.8 Å². The predicted molar refractivity (Wildman–Crippen MR) is 424 cm³/mol. The summed E-state index contributed by atoms with van der Waals surface area (Å²) in [7, 11) is 0. The van der Waals surface area contributed by atoms with Gasteiger partial charge in [0.1, 0.15) is 0 Å². The van der Waals surface area contributed by atoms with Crippen LogP contribution in [0.25, 0.3) is 209 Å². The van der Waals surface area contributed by atoms with Gasteiger partial charge in [-0.15, -0.1) is 0 Å². The van der Waals surface area contributed by atoms with Crippen molar-refractivity contribution < 1.29 is 0 Å². The highest BCUT2D eigenvalue weighted by molar-refractivity contribution is 6.26. The average Bonchev–Trinajstić information content (AvgIpc) is 1.55. The zero-order valence-corrected chi connectivity index (χ0v) is 54.9. The van der Waals surface area contributed by atoms with Gasteiger partial charge in [-0.1, -0.05) is 243 Å². The third-order valence-corrected chi connectivity index (χ3v) is 21.3. The van der Waals surface area contributed by atoms with Gasteiger partial charge in [-0.3, -0.25) is 9.13 Å². The van der Waals surface area contributed by atoms with E-state index in [9.17, 15) is 0 Å². The van der Waals surface area contributed by atoms with Crippen LogP contribution in [-0.4, -0.2) is 37.9 Å². The highest BCUT2D eigenvalue weighted by atomic mass is 15.2. The number of hydrogen-bond donors (Lipinski definition) is 0. The van der Waals surface area contributed by atoms with Gasteiger partial charge >= 0.3 is 0 Å². The molecule has 0 atom stereocenters. The Labute approximate surface area is 583 Å². The summed E-state index contributed by atoms with van der Waals surface area (Å²) in [4.78, 5) is 21.0. The molecular formula is C94H56N8. The van der Waals surface area contributed by atoms with E-state index in [1.807, 2.05) is 12.1 Å². The molecular weight excluding hydrogens is 1240 g/mol. The summed E-state index contributed by atoms with van der Waals surface area (Å²) in [5.74, 6) is 1.33. The van der Waals surface area contributed by atoms with Gasteiger partial charge in [0.25, 0.3) is 0 Å². The number of fused-ring (bicyclic) bond motifs is 20. The molecule has 8 nitrogen and oxygen atoms in total.